The van der Waals surface area contributed by atoms with Gasteiger partial charge in [-0.3, -0.25) is 4.79 Å². The molecule has 1 unspecified atom stereocenters. The second-order valence-corrected chi connectivity index (χ2v) is 5.41. The number of hydrogen-bond donors (Lipinski definition) is 1. The molecule has 0 aliphatic carbocycles. The first-order valence-corrected chi connectivity index (χ1v) is 7.66. The minimum Gasteiger partial charge on any atom is -0.496 e. The van der Waals surface area contributed by atoms with E-state index < -0.39 is 0 Å². The molecule has 3 heteroatoms. The highest BCUT2D eigenvalue weighted by Crippen LogP contribution is 2.22. The van der Waals surface area contributed by atoms with Crippen molar-refractivity contribution in [1.82, 2.24) is 5.32 Å². The molecule has 0 saturated carbocycles. The van der Waals surface area contributed by atoms with Crippen LogP contribution in [0.25, 0.3) is 0 Å². The van der Waals surface area contributed by atoms with E-state index in [4.69, 9.17) is 4.74 Å². The number of amides is 1. The second kappa shape index (κ2) is 7.64. The maximum absolute atomic E-state index is 12.5. The molecule has 22 heavy (non-hydrogen) atoms. The van der Waals surface area contributed by atoms with E-state index in [-0.39, 0.29) is 11.9 Å². The second-order valence-electron chi connectivity index (χ2n) is 5.41. The predicted molar refractivity (Wildman–Crippen MR) is 89.3 cm³/mol. The molecule has 0 bridgehead atoms. The Balaban J connectivity index is 2.18. The summed E-state index contributed by atoms with van der Waals surface area (Å²) in [5, 5.41) is 3.13. The summed E-state index contributed by atoms with van der Waals surface area (Å²) in [4.78, 5) is 12.5. The fourth-order valence-corrected chi connectivity index (χ4v) is 2.50. The van der Waals surface area contributed by atoms with Crippen LogP contribution < -0.4 is 10.1 Å². The van der Waals surface area contributed by atoms with E-state index >= 15 is 0 Å². The topological polar surface area (TPSA) is 38.3 Å². The molecule has 2 aromatic carbocycles. The molecule has 2 aromatic rings. The SMILES string of the molecule is CCCC(NC(=O)c1ccc(C)c(OC)c1)c1ccccc1. The minimum absolute atomic E-state index is 0.0333. The fraction of sp³-hybridized carbons (Fsp3) is 0.316. The third-order valence-electron chi connectivity index (χ3n) is 3.75. The summed E-state index contributed by atoms with van der Waals surface area (Å²) in [7, 11) is 1.62. The Bertz CT molecular complexity index is 623. The molecule has 0 aromatic heterocycles. The van der Waals surface area contributed by atoms with Crippen LogP contribution in [0.15, 0.2) is 48.5 Å². The number of rotatable bonds is 6. The fourth-order valence-electron chi connectivity index (χ4n) is 2.50. The number of ether oxygens (including phenoxy) is 1. The minimum atomic E-state index is -0.0689. The van der Waals surface area contributed by atoms with Gasteiger partial charge in [0.25, 0.3) is 5.91 Å². The van der Waals surface area contributed by atoms with E-state index in [9.17, 15) is 4.79 Å². The zero-order valence-electron chi connectivity index (χ0n) is 13.4. The number of carbonyl (C=O) groups excluding carboxylic acids is 1. The van der Waals surface area contributed by atoms with Crippen LogP contribution in [0.5, 0.6) is 5.75 Å². The Morgan fingerprint density at radius 1 is 1.18 bits per heavy atom. The van der Waals surface area contributed by atoms with Gasteiger partial charge in [0.2, 0.25) is 0 Å². The summed E-state index contributed by atoms with van der Waals surface area (Å²) in [6.07, 6.45) is 1.93. The zero-order chi connectivity index (χ0) is 15.9. The number of nitrogens with one attached hydrogen (secondary N) is 1. The normalized spacial score (nSPS) is 11.8. The van der Waals surface area contributed by atoms with Crippen molar-refractivity contribution < 1.29 is 9.53 Å². The number of aryl methyl sites for hydroxylation is 1. The highest BCUT2D eigenvalue weighted by molar-refractivity contribution is 5.95. The first-order valence-electron chi connectivity index (χ1n) is 7.66. The molecule has 0 spiro atoms. The van der Waals surface area contributed by atoms with E-state index in [1.54, 1.807) is 13.2 Å². The van der Waals surface area contributed by atoms with Crippen molar-refractivity contribution in [3.63, 3.8) is 0 Å². The standard InChI is InChI=1S/C19H23NO2/c1-4-8-17(15-9-6-5-7-10-15)20-19(21)16-12-11-14(2)18(13-16)22-3/h5-7,9-13,17H,4,8H2,1-3H3,(H,20,21). The van der Waals surface area contributed by atoms with Crippen molar-refractivity contribution in [2.75, 3.05) is 7.11 Å². The molecule has 0 fully saturated rings. The number of carbonyl (C=O) groups is 1. The lowest BCUT2D eigenvalue weighted by Crippen LogP contribution is -2.28. The van der Waals surface area contributed by atoms with Crippen LogP contribution in [0.4, 0.5) is 0 Å². The van der Waals surface area contributed by atoms with Crippen molar-refractivity contribution in [3.8, 4) is 5.75 Å². The Kier molecular flexibility index (Phi) is 5.59. The summed E-state index contributed by atoms with van der Waals surface area (Å²) < 4.78 is 5.29. The highest BCUT2D eigenvalue weighted by Gasteiger charge is 2.15. The first-order chi connectivity index (χ1) is 10.7. The molecule has 2 rings (SSSR count). The Labute approximate surface area is 132 Å². The van der Waals surface area contributed by atoms with Gasteiger partial charge >= 0.3 is 0 Å². The van der Waals surface area contributed by atoms with E-state index in [0.29, 0.717) is 5.56 Å². The van der Waals surface area contributed by atoms with Gasteiger partial charge in [0.05, 0.1) is 13.2 Å². The van der Waals surface area contributed by atoms with E-state index in [1.165, 1.54) is 0 Å². The van der Waals surface area contributed by atoms with Gasteiger partial charge in [0.15, 0.2) is 0 Å². The molecule has 0 heterocycles. The lowest BCUT2D eigenvalue weighted by atomic mass is 10.0. The van der Waals surface area contributed by atoms with Gasteiger partial charge in [-0.05, 0) is 36.6 Å². The van der Waals surface area contributed by atoms with Gasteiger partial charge in [0, 0.05) is 5.56 Å². The molecule has 3 nitrogen and oxygen atoms in total. The lowest BCUT2D eigenvalue weighted by molar-refractivity contribution is 0.0934. The Hall–Kier alpha value is -2.29. The van der Waals surface area contributed by atoms with Crippen molar-refractivity contribution in [2.45, 2.75) is 32.7 Å². The smallest absolute Gasteiger partial charge is 0.251 e. The van der Waals surface area contributed by atoms with Crippen LogP contribution in [-0.4, -0.2) is 13.0 Å². The van der Waals surface area contributed by atoms with Crippen molar-refractivity contribution in [2.24, 2.45) is 0 Å². The molecule has 0 radical (unpaired) electrons. The molecular formula is C19H23NO2. The number of benzene rings is 2. The molecule has 1 amide bonds. The van der Waals surface area contributed by atoms with E-state index in [0.717, 1.165) is 29.7 Å². The third-order valence-corrected chi connectivity index (χ3v) is 3.75. The summed E-state index contributed by atoms with van der Waals surface area (Å²) in [5.74, 6) is 0.667. The van der Waals surface area contributed by atoms with Gasteiger partial charge in [-0.2, -0.15) is 0 Å². The Morgan fingerprint density at radius 3 is 2.55 bits per heavy atom. The molecule has 1 N–H and O–H groups in total. The predicted octanol–water partition coefficient (Wildman–Crippen LogP) is 4.27. The van der Waals surface area contributed by atoms with Gasteiger partial charge in [-0.1, -0.05) is 49.7 Å². The van der Waals surface area contributed by atoms with Crippen molar-refractivity contribution >= 4 is 5.91 Å². The maximum atomic E-state index is 12.5. The lowest BCUT2D eigenvalue weighted by Gasteiger charge is -2.19. The van der Waals surface area contributed by atoms with Crippen LogP contribution >= 0.6 is 0 Å². The summed E-state index contributed by atoms with van der Waals surface area (Å²) in [6, 6.07) is 15.7. The quantitative estimate of drug-likeness (QED) is 0.864. The summed E-state index contributed by atoms with van der Waals surface area (Å²) in [5.41, 5.74) is 2.78. The van der Waals surface area contributed by atoms with Crippen LogP contribution in [0.1, 0.15) is 47.3 Å². The van der Waals surface area contributed by atoms with Gasteiger partial charge in [0.1, 0.15) is 5.75 Å². The largest absolute Gasteiger partial charge is 0.496 e. The monoisotopic (exact) mass is 297 g/mol. The van der Waals surface area contributed by atoms with Crippen LogP contribution in [0.3, 0.4) is 0 Å². The molecule has 0 aliphatic heterocycles. The third kappa shape index (κ3) is 3.88. The Morgan fingerprint density at radius 2 is 1.91 bits per heavy atom. The van der Waals surface area contributed by atoms with Gasteiger partial charge in [-0.25, -0.2) is 0 Å². The van der Waals surface area contributed by atoms with Crippen LogP contribution in [0, 0.1) is 6.92 Å². The molecule has 1 atom stereocenters. The number of hydrogen-bond acceptors (Lipinski definition) is 2. The first kappa shape index (κ1) is 16.1. The van der Waals surface area contributed by atoms with Crippen LogP contribution in [0.2, 0.25) is 0 Å². The average molecular weight is 297 g/mol. The van der Waals surface area contributed by atoms with E-state index in [2.05, 4.69) is 24.4 Å². The van der Waals surface area contributed by atoms with Crippen molar-refractivity contribution in [1.29, 1.82) is 0 Å². The summed E-state index contributed by atoms with van der Waals surface area (Å²) >= 11 is 0. The summed E-state index contributed by atoms with van der Waals surface area (Å²) in [6.45, 7) is 4.08. The molecule has 0 aliphatic rings. The molecule has 0 saturated heterocycles. The maximum Gasteiger partial charge on any atom is 0.251 e. The van der Waals surface area contributed by atoms with Gasteiger partial charge < -0.3 is 10.1 Å². The van der Waals surface area contributed by atoms with E-state index in [1.807, 2.05) is 37.3 Å². The van der Waals surface area contributed by atoms with Crippen LogP contribution in [-0.2, 0) is 0 Å². The number of methoxy groups -OCH3 is 1. The molecular weight excluding hydrogens is 274 g/mol. The zero-order valence-corrected chi connectivity index (χ0v) is 13.4. The van der Waals surface area contributed by atoms with Gasteiger partial charge in [-0.15, -0.1) is 0 Å². The molecule has 116 valence electrons. The average Bonchev–Trinajstić information content (AvgIpc) is 2.55. The van der Waals surface area contributed by atoms with Crippen molar-refractivity contribution in [3.05, 3.63) is 65.2 Å². The highest BCUT2D eigenvalue weighted by atomic mass is 16.5.